The minimum absolute atomic E-state index is 0.125. The molecule has 0 spiro atoms. The van der Waals surface area contributed by atoms with Gasteiger partial charge in [0.05, 0.1) is 29.8 Å². The topological polar surface area (TPSA) is 112 Å². The van der Waals surface area contributed by atoms with Crippen LogP contribution in [0.4, 0.5) is 0 Å². The quantitative estimate of drug-likeness (QED) is 0.241. The Labute approximate surface area is 175 Å². The summed E-state index contributed by atoms with van der Waals surface area (Å²) in [5, 5.41) is 9.40. The SMILES string of the molecule is C=C1C(=O)O[C@@H]2/C=C(/C)[C@@H](OC(C)=O)C[C@H]3O[C@]3(C)C[C@@H](OC(=O)/C(=C\C)CO)[C@@H]12. The molecule has 2 aliphatic heterocycles. The van der Waals surface area contributed by atoms with Crippen LogP contribution in [0.15, 0.2) is 35.5 Å². The molecule has 2 heterocycles. The number of hydrogen-bond acceptors (Lipinski definition) is 8. The van der Waals surface area contributed by atoms with Crippen molar-refractivity contribution in [2.75, 3.05) is 6.61 Å². The fraction of sp³-hybridized carbons (Fsp3) is 0.591. The maximum absolute atomic E-state index is 12.5. The zero-order chi connectivity index (χ0) is 22.2. The van der Waals surface area contributed by atoms with Crippen LogP contribution in [0.1, 0.15) is 40.5 Å². The van der Waals surface area contributed by atoms with Crippen LogP contribution in [-0.4, -0.2) is 59.6 Å². The summed E-state index contributed by atoms with van der Waals surface area (Å²) < 4.78 is 22.6. The van der Waals surface area contributed by atoms with Crippen molar-refractivity contribution in [1.82, 2.24) is 0 Å². The van der Waals surface area contributed by atoms with Gasteiger partial charge in [-0.05, 0) is 32.4 Å². The van der Waals surface area contributed by atoms with Crippen LogP contribution in [0.2, 0.25) is 0 Å². The summed E-state index contributed by atoms with van der Waals surface area (Å²) in [6.07, 6.45) is 1.79. The number of aliphatic hydroxyl groups is 1. The summed E-state index contributed by atoms with van der Waals surface area (Å²) in [5.74, 6) is -2.25. The van der Waals surface area contributed by atoms with E-state index in [9.17, 15) is 19.5 Å². The minimum Gasteiger partial charge on any atom is -0.458 e. The molecular weight excluding hydrogens is 392 g/mol. The molecule has 0 aromatic carbocycles. The van der Waals surface area contributed by atoms with Crippen LogP contribution in [0.5, 0.6) is 0 Å². The number of rotatable bonds is 4. The third kappa shape index (κ3) is 4.34. The van der Waals surface area contributed by atoms with E-state index in [-0.39, 0.29) is 17.3 Å². The van der Waals surface area contributed by atoms with Crippen molar-refractivity contribution in [2.45, 2.75) is 70.6 Å². The number of hydrogen-bond donors (Lipinski definition) is 1. The summed E-state index contributed by atoms with van der Waals surface area (Å²) >= 11 is 0. The van der Waals surface area contributed by atoms with Crippen molar-refractivity contribution in [3.05, 3.63) is 35.5 Å². The van der Waals surface area contributed by atoms with Gasteiger partial charge < -0.3 is 24.1 Å². The van der Waals surface area contributed by atoms with Gasteiger partial charge in [-0.25, -0.2) is 9.59 Å². The largest absolute Gasteiger partial charge is 0.458 e. The van der Waals surface area contributed by atoms with Gasteiger partial charge in [0, 0.05) is 25.3 Å². The number of fused-ring (bicyclic) bond motifs is 2. The van der Waals surface area contributed by atoms with Crippen LogP contribution in [-0.2, 0) is 33.3 Å². The van der Waals surface area contributed by atoms with Gasteiger partial charge in [0.15, 0.2) is 0 Å². The maximum atomic E-state index is 12.5. The molecule has 1 aliphatic carbocycles. The fourth-order valence-electron chi connectivity index (χ4n) is 4.16. The lowest BCUT2D eigenvalue weighted by Crippen LogP contribution is -2.38. The van der Waals surface area contributed by atoms with E-state index in [1.54, 1.807) is 19.9 Å². The molecule has 8 heteroatoms. The second kappa shape index (κ2) is 8.35. The van der Waals surface area contributed by atoms with Crippen molar-refractivity contribution in [1.29, 1.82) is 0 Å². The molecule has 3 rings (SSSR count). The number of aliphatic hydroxyl groups excluding tert-OH is 1. The van der Waals surface area contributed by atoms with Crippen molar-refractivity contribution >= 4 is 17.9 Å². The molecule has 30 heavy (non-hydrogen) atoms. The first-order chi connectivity index (χ1) is 14.1. The van der Waals surface area contributed by atoms with Gasteiger partial charge in [0.2, 0.25) is 0 Å². The van der Waals surface area contributed by atoms with Gasteiger partial charge in [0.25, 0.3) is 0 Å². The van der Waals surface area contributed by atoms with E-state index >= 15 is 0 Å². The third-order valence-corrected chi connectivity index (χ3v) is 6.01. The van der Waals surface area contributed by atoms with Gasteiger partial charge >= 0.3 is 17.9 Å². The monoisotopic (exact) mass is 420 g/mol. The summed E-state index contributed by atoms with van der Waals surface area (Å²) in [6.45, 7) is 10.1. The smallest absolute Gasteiger partial charge is 0.336 e. The predicted octanol–water partition coefficient (Wildman–Crippen LogP) is 1.76. The average molecular weight is 420 g/mol. The number of esters is 3. The highest BCUT2D eigenvalue weighted by molar-refractivity contribution is 5.92. The molecule has 6 atom stereocenters. The predicted molar refractivity (Wildman–Crippen MR) is 105 cm³/mol. The first-order valence-electron chi connectivity index (χ1n) is 9.99. The van der Waals surface area contributed by atoms with Crippen LogP contribution < -0.4 is 0 Å². The Balaban J connectivity index is 1.98. The van der Waals surface area contributed by atoms with Crippen LogP contribution in [0.25, 0.3) is 0 Å². The average Bonchev–Trinajstić information content (AvgIpc) is 3.19. The molecule has 0 aromatic heterocycles. The lowest BCUT2D eigenvalue weighted by atomic mass is 9.82. The molecule has 0 aromatic rings. The lowest BCUT2D eigenvalue weighted by Gasteiger charge is -2.29. The Kier molecular flexibility index (Phi) is 6.19. The zero-order valence-electron chi connectivity index (χ0n) is 17.7. The van der Waals surface area contributed by atoms with E-state index in [2.05, 4.69) is 6.58 Å². The molecule has 3 aliphatic rings. The number of carbonyl (C=O) groups is 3. The van der Waals surface area contributed by atoms with E-state index < -0.39 is 54.3 Å². The first-order valence-corrected chi connectivity index (χ1v) is 9.99. The molecule has 2 saturated heterocycles. The van der Waals surface area contributed by atoms with Crippen molar-refractivity contribution in [2.24, 2.45) is 5.92 Å². The fourth-order valence-corrected chi connectivity index (χ4v) is 4.16. The van der Waals surface area contributed by atoms with Crippen LogP contribution in [0, 0.1) is 5.92 Å². The summed E-state index contributed by atoms with van der Waals surface area (Å²) in [7, 11) is 0. The Bertz CT molecular complexity index is 825. The second-order valence-corrected chi connectivity index (χ2v) is 8.20. The third-order valence-electron chi connectivity index (χ3n) is 6.01. The van der Waals surface area contributed by atoms with E-state index in [0.29, 0.717) is 12.8 Å². The minimum atomic E-state index is -0.743. The Morgan fingerprint density at radius 3 is 2.70 bits per heavy atom. The van der Waals surface area contributed by atoms with Gasteiger partial charge in [-0.15, -0.1) is 0 Å². The van der Waals surface area contributed by atoms with Crippen molar-refractivity contribution in [3.63, 3.8) is 0 Å². The standard InChI is InChI=1S/C22H28O8/c1-6-14(10-23)21(26)29-17-9-22(5)18(30-22)8-15(27-13(4)24)11(2)7-16-19(17)12(3)20(25)28-16/h6-7,15-19,23H,3,8-10H2,1-2,4-5H3/b11-7-,14-6-/t15-,16+,17+,18+,19-,22+/m0/s1. The highest BCUT2D eigenvalue weighted by Crippen LogP contribution is 2.48. The van der Waals surface area contributed by atoms with E-state index in [4.69, 9.17) is 18.9 Å². The van der Waals surface area contributed by atoms with Crippen LogP contribution in [0.3, 0.4) is 0 Å². The second-order valence-electron chi connectivity index (χ2n) is 8.20. The van der Waals surface area contributed by atoms with Gasteiger partial charge in [-0.3, -0.25) is 4.79 Å². The van der Waals surface area contributed by atoms with E-state index in [0.717, 1.165) is 5.57 Å². The Morgan fingerprint density at radius 1 is 1.40 bits per heavy atom. The van der Waals surface area contributed by atoms with Crippen molar-refractivity contribution in [3.8, 4) is 0 Å². The molecule has 1 N–H and O–H groups in total. The summed E-state index contributed by atoms with van der Waals surface area (Å²) in [5.41, 5.74) is 0.432. The first kappa shape index (κ1) is 22.2. The number of epoxide rings is 1. The molecule has 8 nitrogen and oxygen atoms in total. The van der Waals surface area contributed by atoms with E-state index in [1.807, 2.05) is 6.92 Å². The molecule has 0 unspecified atom stereocenters. The Morgan fingerprint density at radius 2 is 2.10 bits per heavy atom. The molecule has 164 valence electrons. The molecular formula is C22H28O8. The molecule has 0 radical (unpaired) electrons. The molecule has 0 bridgehead atoms. The highest BCUT2D eigenvalue weighted by atomic mass is 16.6. The summed E-state index contributed by atoms with van der Waals surface area (Å²) in [6, 6.07) is 0. The number of ether oxygens (including phenoxy) is 4. The van der Waals surface area contributed by atoms with E-state index in [1.165, 1.54) is 13.0 Å². The molecule has 2 fully saturated rings. The maximum Gasteiger partial charge on any atom is 0.336 e. The van der Waals surface area contributed by atoms with Crippen LogP contribution >= 0.6 is 0 Å². The Hall–Kier alpha value is -2.45. The molecule has 0 amide bonds. The highest BCUT2D eigenvalue weighted by Gasteiger charge is 2.58. The number of allylic oxidation sites excluding steroid dienone is 1. The summed E-state index contributed by atoms with van der Waals surface area (Å²) in [4.78, 5) is 36.4. The molecule has 0 saturated carbocycles. The van der Waals surface area contributed by atoms with Gasteiger partial charge in [-0.1, -0.05) is 12.7 Å². The van der Waals surface area contributed by atoms with Gasteiger partial charge in [0.1, 0.15) is 18.3 Å². The van der Waals surface area contributed by atoms with Gasteiger partial charge in [-0.2, -0.15) is 0 Å². The zero-order valence-corrected chi connectivity index (χ0v) is 17.7. The normalized spacial score (nSPS) is 37.8. The van der Waals surface area contributed by atoms with Crippen molar-refractivity contribution < 1.29 is 38.4 Å². The number of carbonyl (C=O) groups excluding carboxylic acids is 3. The lowest BCUT2D eigenvalue weighted by molar-refractivity contribution is -0.149.